The molecule has 5 heterocycles. The van der Waals surface area contributed by atoms with E-state index in [0.717, 1.165) is 63.4 Å². The van der Waals surface area contributed by atoms with Crippen LogP contribution in [0.25, 0.3) is 16.6 Å². The van der Waals surface area contributed by atoms with Gasteiger partial charge in [0.05, 0.1) is 30.0 Å². The Balaban J connectivity index is 1.31. The van der Waals surface area contributed by atoms with Gasteiger partial charge in [-0.1, -0.05) is 0 Å². The fourth-order valence-corrected chi connectivity index (χ4v) is 5.30. The van der Waals surface area contributed by atoms with E-state index in [9.17, 15) is 4.39 Å². The molecular weight excluding hydrogens is 451 g/mol. The quantitative estimate of drug-likeness (QED) is 0.474. The van der Waals surface area contributed by atoms with Crippen LogP contribution in [0.4, 0.5) is 16.0 Å². The van der Waals surface area contributed by atoms with Crippen molar-refractivity contribution in [2.24, 2.45) is 0 Å². The van der Waals surface area contributed by atoms with E-state index in [4.69, 9.17) is 30.4 Å². The number of methoxy groups -OCH3 is 1. The molecule has 6 rings (SSSR count). The van der Waals surface area contributed by atoms with Gasteiger partial charge in [0.25, 0.3) is 0 Å². The maximum atomic E-state index is 14.5. The Kier molecular flexibility index (Phi) is 5.43. The summed E-state index contributed by atoms with van der Waals surface area (Å²) in [6.07, 6.45) is 6.14. The molecule has 2 N–H and O–H groups in total. The van der Waals surface area contributed by atoms with Crippen LogP contribution in [-0.4, -0.2) is 62.8 Å². The molecular formula is C24H29FN8O2. The molecule has 0 spiro atoms. The number of halogens is 1. The van der Waals surface area contributed by atoms with Gasteiger partial charge in [-0.25, -0.2) is 14.4 Å². The lowest BCUT2D eigenvalue weighted by Gasteiger charge is -2.32. The number of aryl methyl sites for hydroxylation is 1. The number of nitrogen functional groups attached to an aromatic ring is 1. The number of ether oxygens (including phenoxy) is 2. The van der Waals surface area contributed by atoms with E-state index in [1.165, 1.54) is 23.8 Å². The van der Waals surface area contributed by atoms with Crippen molar-refractivity contribution in [3.05, 3.63) is 35.7 Å². The van der Waals surface area contributed by atoms with Crippen molar-refractivity contribution < 1.29 is 13.9 Å². The highest BCUT2D eigenvalue weighted by Gasteiger charge is 2.28. The molecule has 0 saturated carbocycles. The number of nitrogens with zero attached hydrogens (tertiary/aromatic N) is 7. The Morgan fingerprint density at radius 3 is 2.77 bits per heavy atom. The lowest BCUT2D eigenvalue weighted by Crippen LogP contribution is -2.35. The number of hydrogen-bond acceptors (Lipinski definition) is 8. The summed E-state index contributed by atoms with van der Waals surface area (Å²) >= 11 is 0. The Morgan fingerprint density at radius 2 is 1.97 bits per heavy atom. The van der Waals surface area contributed by atoms with Crippen LogP contribution in [0.3, 0.4) is 0 Å². The van der Waals surface area contributed by atoms with Crippen molar-refractivity contribution in [2.45, 2.75) is 44.6 Å². The first kappa shape index (κ1) is 22.0. The van der Waals surface area contributed by atoms with Crippen LogP contribution in [0.15, 0.2) is 18.3 Å². The molecule has 35 heavy (non-hydrogen) atoms. The van der Waals surface area contributed by atoms with Crippen molar-refractivity contribution in [1.82, 2.24) is 29.4 Å². The number of hydrogen-bond donors (Lipinski definition) is 1. The molecule has 1 atom stereocenters. The van der Waals surface area contributed by atoms with Crippen LogP contribution in [-0.2, 0) is 4.74 Å². The lowest BCUT2D eigenvalue weighted by atomic mass is 9.97. The highest BCUT2D eigenvalue weighted by atomic mass is 19.1. The van der Waals surface area contributed by atoms with Crippen molar-refractivity contribution in [3.63, 3.8) is 0 Å². The highest BCUT2D eigenvalue weighted by molar-refractivity contribution is 5.93. The van der Waals surface area contributed by atoms with Gasteiger partial charge in [-0.3, -0.25) is 4.68 Å². The van der Waals surface area contributed by atoms with Gasteiger partial charge in [0.1, 0.15) is 0 Å². The predicted molar refractivity (Wildman–Crippen MR) is 129 cm³/mol. The minimum Gasteiger partial charge on any atom is -0.494 e. The number of nitrogens with two attached hydrogens (primary N) is 1. The fraction of sp³-hybridized carbons (Fsp3) is 0.500. The molecule has 10 nitrogen and oxygen atoms in total. The molecule has 11 heteroatoms. The number of piperidine rings is 1. The average molecular weight is 481 g/mol. The van der Waals surface area contributed by atoms with Gasteiger partial charge in [-0.05, 0) is 38.7 Å². The molecule has 2 aliphatic rings. The molecule has 0 radical (unpaired) electrons. The van der Waals surface area contributed by atoms with E-state index in [-0.39, 0.29) is 17.6 Å². The number of fused-ring (bicyclic) bond motifs is 3. The molecule has 0 unspecified atom stereocenters. The van der Waals surface area contributed by atoms with Crippen LogP contribution < -0.4 is 15.4 Å². The summed E-state index contributed by atoms with van der Waals surface area (Å²) in [5.74, 6) is 0.668. The first-order valence-corrected chi connectivity index (χ1v) is 12.1. The molecule has 4 aromatic rings. The summed E-state index contributed by atoms with van der Waals surface area (Å²) in [5, 5.41) is 10.1. The van der Waals surface area contributed by atoms with Gasteiger partial charge in [0.15, 0.2) is 23.0 Å². The Morgan fingerprint density at radius 1 is 1.14 bits per heavy atom. The highest BCUT2D eigenvalue weighted by Crippen LogP contribution is 2.33. The predicted octanol–water partition coefficient (Wildman–Crippen LogP) is 3.25. The minimum atomic E-state index is -0.473. The summed E-state index contributed by atoms with van der Waals surface area (Å²) in [7, 11) is 1.42. The maximum absolute atomic E-state index is 14.5. The van der Waals surface area contributed by atoms with Crippen LogP contribution in [0.2, 0.25) is 0 Å². The number of aromatic nitrogens is 6. The Bertz CT molecular complexity index is 1390. The van der Waals surface area contributed by atoms with E-state index in [1.54, 1.807) is 0 Å². The van der Waals surface area contributed by atoms with Crippen LogP contribution in [0, 0.1) is 12.7 Å². The molecule has 1 aromatic carbocycles. The number of anilines is 2. The second-order valence-electron chi connectivity index (χ2n) is 9.39. The van der Waals surface area contributed by atoms with Gasteiger partial charge in [-0.15, -0.1) is 5.10 Å². The first-order chi connectivity index (χ1) is 17.0. The van der Waals surface area contributed by atoms with Crippen molar-refractivity contribution in [3.8, 4) is 5.75 Å². The first-order valence-electron chi connectivity index (χ1n) is 12.1. The standard InChI is InChI=1S/C24H29FN8O2/c1-14-20(13-32(29-14)16-5-8-35-9-6-16)31-7-3-4-15(12-31)22-28-23-17-10-18(25)21(34-2)11-19(17)27-24(26)33(23)30-22/h10-11,13,15-16H,3-9,12H2,1-2H3,(H2,26,27)/t15-/m1/s1. The van der Waals surface area contributed by atoms with Gasteiger partial charge < -0.3 is 20.1 Å². The molecule has 0 aliphatic carbocycles. The summed E-state index contributed by atoms with van der Waals surface area (Å²) in [4.78, 5) is 11.6. The summed E-state index contributed by atoms with van der Waals surface area (Å²) in [6, 6.07) is 3.31. The van der Waals surface area contributed by atoms with E-state index < -0.39 is 5.82 Å². The van der Waals surface area contributed by atoms with E-state index in [0.29, 0.717) is 28.4 Å². The van der Waals surface area contributed by atoms with Gasteiger partial charge in [0.2, 0.25) is 5.95 Å². The number of benzene rings is 1. The van der Waals surface area contributed by atoms with Crippen molar-refractivity contribution >= 4 is 28.2 Å². The summed E-state index contributed by atoms with van der Waals surface area (Å²) in [6.45, 7) is 5.38. The van der Waals surface area contributed by atoms with Crippen LogP contribution in [0.5, 0.6) is 5.75 Å². The van der Waals surface area contributed by atoms with Crippen molar-refractivity contribution in [1.29, 1.82) is 0 Å². The second kappa shape index (κ2) is 8.63. The topological polar surface area (TPSA) is 109 Å². The zero-order valence-corrected chi connectivity index (χ0v) is 19.9. The lowest BCUT2D eigenvalue weighted by molar-refractivity contribution is 0.0662. The third-order valence-corrected chi connectivity index (χ3v) is 7.17. The third-order valence-electron chi connectivity index (χ3n) is 7.17. The monoisotopic (exact) mass is 480 g/mol. The van der Waals surface area contributed by atoms with E-state index >= 15 is 0 Å². The zero-order valence-electron chi connectivity index (χ0n) is 19.9. The van der Waals surface area contributed by atoms with Crippen molar-refractivity contribution in [2.75, 3.05) is 44.0 Å². The molecule has 2 fully saturated rings. The molecule has 2 saturated heterocycles. The minimum absolute atomic E-state index is 0.118. The van der Waals surface area contributed by atoms with Gasteiger partial charge >= 0.3 is 0 Å². The van der Waals surface area contributed by atoms with Gasteiger partial charge in [-0.2, -0.15) is 9.61 Å². The Hall–Kier alpha value is -3.47. The summed E-state index contributed by atoms with van der Waals surface area (Å²) < 4.78 is 28.7. The summed E-state index contributed by atoms with van der Waals surface area (Å²) in [5.41, 5.74) is 9.41. The Labute approximate surface area is 201 Å². The van der Waals surface area contributed by atoms with E-state index in [2.05, 4.69) is 27.7 Å². The molecule has 0 amide bonds. The van der Waals surface area contributed by atoms with Crippen LogP contribution in [0.1, 0.15) is 49.2 Å². The third kappa shape index (κ3) is 3.83. The number of rotatable bonds is 4. The molecule has 0 bridgehead atoms. The fourth-order valence-electron chi connectivity index (χ4n) is 5.30. The second-order valence-corrected chi connectivity index (χ2v) is 9.39. The van der Waals surface area contributed by atoms with Gasteiger partial charge in [0, 0.05) is 49.9 Å². The molecule has 184 valence electrons. The molecule has 2 aliphatic heterocycles. The zero-order chi connectivity index (χ0) is 24.1. The van der Waals surface area contributed by atoms with E-state index in [1.807, 2.05) is 0 Å². The largest absolute Gasteiger partial charge is 0.494 e. The molecule has 3 aromatic heterocycles. The van der Waals surface area contributed by atoms with Crippen LogP contribution >= 0.6 is 0 Å². The smallest absolute Gasteiger partial charge is 0.223 e. The normalized spacial score (nSPS) is 19.6. The average Bonchev–Trinajstić information content (AvgIpc) is 3.50. The maximum Gasteiger partial charge on any atom is 0.223 e. The SMILES string of the molecule is COc1cc2nc(N)n3nc([C@@H]4CCCN(c5cn(C6CCOCC6)nc5C)C4)nc3c2cc1F.